The van der Waals surface area contributed by atoms with E-state index in [0.29, 0.717) is 19.5 Å². The van der Waals surface area contributed by atoms with E-state index in [4.69, 9.17) is 14.6 Å². The highest BCUT2D eigenvalue weighted by Gasteiger charge is 2.11. The van der Waals surface area contributed by atoms with E-state index in [0.717, 1.165) is 22.6 Å². The van der Waals surface area contributed by atoms with Crippen LogP contribution in [0.4, 0.5) is 0 Å². The Bertz CT molecular complexity index is 710. The lowest BCUT2D eigenvalue weighted by Crippen LogP contribution is -2.26. The lowest BCUT2D eigenvalue weighted by molar-refractivity contribution is 0.0696. The van der Waals surface area contributed by atoms with Crippen molar-refractivity contribution in [1.29, 1.82) is 0 Å². The summed E-state index contributed by atoms with van der Waals surface area (Å²) < 4.78 is 10.6. The first-order valence-electron chi connectivity index (χ1n) is 8.41. The van der Waals surface area contributed by atoms with Gasteiger partial charge in [-0.1, -0.05) is 12.1 Å². The van der Waals surface area contributed by atoms with Crippen molar-refractivity contribution in [2.24, 2.45) is 5.92 Å². The Kier molecular flexibility index (Phi) is 7.44. The predicted octanol–water partition coefficient (Wildman–Crippen LogP) is 2.34. The number of methoxy groups -OCH3 is 2. The lowest BCUT2D eigenvalue weighted by Gasteiger charge is -2.16. The standard InChI is InChI=1S/C20H25NO5/c1-25-18-8-15(9-19(10-18)26-2)6-16(13-22)12-21-11-14-4-3-5-17(7-14)20(23)24/h3-5,7-10,16,21-22H,6,11-13H2,1-2H3,(H,23,24). The Morgan fingerprint density at radius 3 is 2.35 bits per heavy atom. The average molecular weight is 359 g/mol. The second-order valence-electron chi connectivity index (χ2n) is 6.11. The van der Waals surface area contributed by atoms with E-state index in [-0.39, 0.29) is 18.1 Å². The highest BCUT2D eigenvalue weighted by molar-refractivity contribution is 5.87. The van der Waals surface area contributed by atoms with Crippen molar-refractivity contribution in [1.82, 2.24) is 5.32 Å². The molecule has 1 unspecified atom stereocenters. The lowest BCUT2D eigenvalue weighted by atomic mass is 9.99. The highest BCUT2D eigenvalue weighted by atomic mass is 16.5. The van der Waals surface area contributed by atoms with Gasteiger partial charge in [-0.25, -0.2) is 4.79 Å². The molecule has 0 spiro atoms. The topological polar surface area (TPSA) is 88.0 Å². The van der Waals surface area contributed by atoms with Gasteiger partial charge in [0.25, 0.3) is 0 Å². The van der Waals surface area contributed by atoms with Gasteiger partial charge in [-0.2, -0.15) is 0 Å². The SMILES string of the molecule is COc1cc(CC(CO)CNCc2cccc(C(=O)O)c2)cc(OC)c1. The highest BCUT2D eigenvalue weighted by Crippen LogP contribution is 2.24. The second-order valence-corrected chi connectivity index (χ2v) is 6.11. The Balaban J connectivity index is 1.93. The molecule has 6 heteroatoms. The molecule has 0 bridgehead atoms. The second kappa shape index (κ2) is 9.79. The summed E-state index contributed by atoms with van der Waals surface area (Å²) in [4.78, 5) is 11.0. The number of benzene rings is 2. The molecule has 0 aliphatic rings. The van der Waals surface area contributed by atoms with Gasteiger partial charge in [0, 0.05) is 25.8 Å². The van der Waals surface area contributed by atoms with Crippen molar-refractivity contribution in [3.8, 4) is 11.5 Å². The molecule has 0 aromatic heterocycles. The minimum Gasteiger partial charge on any atom is -0.497 e. The van der Waals surface area contributed by atoms with E-state index in [1.807, 2.05) is 24.3 Å². The first kappa shape index (κ1) is 19.8. The maximum atomic E-state index is 11.0. The molecule has 140 valence electrons. The Labute approximate surface area is 153 Å². The molecule has 6 nitrogen and oxygen atoms in total. The number of aromatic carboxylic acids is 1. The van der Waals surface area contributed by atoms with Crippen LogP contribution in [0.2, 0.25) is 0 Å². The maximum absolute atomic E-state index is 11.0. The maximum Gasteiger partial charge on any atom is 0.335 e. The molecule has 0 saturated heterocycles. The minimum absolute atomic E-state index is 0.0227. The van der Waals surface area contributed by atoms with Crippen molar-refractivity contribution in [3.05, 3.63) is 59.2 Å². The fourth-order valence-electron chi connectivity index (χ4n) is 2.75. The molecule has 2 rings (SSSR count). The van der Waals surface area contributed by atoms with Crippen LogP contribution in [0.5, 0.6) is 11.5 Å². The molecule has 0 amide bonds. The van der Waals surface area contributed by atoms with Crippen LogP contribution in [0.1, 0.15) is 21.5 Å². The molecule has 0 aliphatic carbocycles. The van der Waals surface area contributed by atoms with Gasteiger partial charge in [-0.3, -0.25) is 0 Å². The molecular formula is C20H25NO5. The fourth-order valence-corrected chi connectivity index (χ4v) is 2.75. The summed E-state index contributed by atoms with van der Waals surface area (Å²) in [5.74, 6) is 0.519. The predicted molar refractivity (Wildman–Crippen MR) is 98.9 cm³/mol. The molecule has 26 heavy (non-hydrogen) atoms. The normalized spacial score (nSPS) is 11.8. The number of rotatable bonds is 10. The van der Waals surface area contributed by atoms with Crippen LogP contribution < -0.4 is 14.8 Å². The van der Waals surface area contributed by atoms with E-state index in [1.54, 1.807) is 32.4 Å². The molecule has 0 heterocycles. The van der Waals surface area contributed by atoms with Crippen LogP contribution in [0.15, 0.2) is 42.5 Å². The number of aliphatic hydroxyl groups excluding tert-OH is 1. The first-order chi connectivity index (χ1) is 12.5. The Morgan fingerprint density at radius 2 is 1.77 bits per heavy atom. The average Bonchev–Trinajstić information content (AvgIpc) is 2.67. The van der Waals surface area contributed by atoms with Crippen LogP contribution in [0.3, 0.4) is 0 Å². The van der Waals surface area contributed by atoms with Crippen LogP contribution >= 0.6 is 0 Å². The third kappa shape index (κ3) is 5.75. The fraction of sp³-hybridized carbons (Fsp3) is 0.350. The zero-order valence-corrected chi connectivity index (χ0v) is 15.1. The van der Waals surface area contributed by atoms with E-state index in [9.17, 15) is 9.90 Å². The summed E-state index contributed by atoms with van der Waals surface area (Å²) in [6, 6.07) is 12.5. The molecule has 2 aromatic rings. The van der Waals surface area contributed by atoms with Crippen molar-refractivity contribution >= 4 is 5.97 Å². The van der Waals surface area contributed by atoms with Crippen molar-refractivity contribution in [2.45, 2.75) is 13.0 Å². The van der Waals surface area contributed by atoms with E-state index in [2.05, 4.69) is 5.32 Å². The summed E-state index contributed by atoms with van der Waals surface area (Å²) in [7, 11) is 3.21. The first-order valence-corrected chi connectivity index (χ1v) is 8.41. The number of hydrogen-bond acceptors (Lipinski definition) is 5. The van der Waals surface area contributed by atoms with E-state index < -0.39 is 5.97 Å². The molecule has 0 aliphatic heterocycles. The van der Waals surface area contributed by atoms with Gasteiger partial charge in [0.2, 0.25) is 0 Å². The molecule has 2 aromatic carbocycles. The molecule has 3 N–H and O–H groups in total. The zero-order chi connectivity index (χ0) is 18.9. The van der Waals surface area contributed by atoms with Crippen LogP contribution in [-0.2, 0) is 13.0 Å². The monoisotopic (exact) mass is 359 g/mol. The minimum atomic E-state index is -0.938. The van der Waals surface area contributed by atoms with Crippen LogP contribution in [-0.4, -0.2) is 43.6 Å². The van der Waals surface area contributed by atoms with Crippen molar-refractivity contribution < 1.29 is 24.5 Å². The third-order valence-corrected chi connectivity index (χ3v) is 4.13. The molecule has 0 fully saturated rings. The number of aliphatic hydroxyl groups is 1. The number of ether oxygens (including phenoxy) is 2. The van der Waals surface area contributed by atoms with Gasteiger partial charge in [-0.05, 0) is 47.7 Å². The van der Waals surface area contributed by atoms with Gasteiger partial charge in [-0.15, -0.1) is 0 Å². The van der Waals surface area contributed by atoms with Crippen LogP contribution in [0, 0.1) is 5.92 Å². The largest absolute Gasteiger partial charge is 0.497 e. The smallest absolute Gasteiger partial charge is 0.335 e. The van der Waals surface area contributed by atoms with Gasteiger partial charge in [0.15, 0.2) is 0 Å². The number of hydrogen-bond donors (Lipinski definition) is 3. The van der Waals surface area contributed by atoms with Gasteiger partial charge in [0.1, 0.15) is 11.5 Å². The summed E-state index contributed by atoms with van der Waals surface area (Å²) >= 11 is 0. The quantitative estimate of drug-likeness (QED) is 0.603. The zero-order valence-electron chi connectivity index (χ0n) is 15.1. The van der Waals surface area contributed by atoms with Crippen LogP contribution in [0.25, 0.3) is 0 Å². The summed E-state index contributed by atoms with van der Waals surface area (Å²) in [5, 5.41) is 22.0. The van der Waals surface area contributed by atoms with E-state index in [1.165, 1.54) is 0 Å². The van der Waals surface area contributed by atoms with Crippen molar-refractivity contribution in [3.63, 3.8) is 0 Å². The summed E-state index contributed by atoms with van der Waals surface area (Å²) in [6.07, 6.45) is 0.673. The molecule has 0 saturated carbocycles. The molecule has 1 atom stereocenters. The molecule has 0 radical (unpaired) electrons. The number of carboxylic acid groups (broad SMARTS) is 1. The van der Waals surface area contributed by atoms with Gasteiger partial charge < -0.3 is 25.0 Å². The molecular weight excluding hydrogens is 334 g/mol. The van der Waals surface area contributed by atoms with Gasteiger partial charge >= 0.3 is 5.97 Å². The van der Waals surface area contributed by atoms with Gasteiger partial charge in [0.05, 0.1) is 19.8 Å². The summed E-state index contributed by atoms with van der Waals surface area (Å²) in [6.45, 7) is 1.19. The number of carboxylic acids is 1. The Hall–Kier alpha value is -2.57. The number of carbonyl (C=O) groups is 1. The summed E-state index contributed by atoms with van der Waals surface area (Å²) in [5.41, 5.74) is 2.19. The van der Waals surface area contributed by atoms with Crippen molar-refractivity contribution in [2.75, 3.05) is 27.4 Å². The third-order valence-electron chi connectivity index (χ3n) is 4.13. The Morgan fingerprint density at radius 1 is 1.08 bits per heavy atom. The number of nitrogens with one attached hydrogen (secondary N) is 1. The van der Waals surface area contributed by atoms with E-state index >= 15 is 0 Å².